The van der Waals surface area contributed by atoms with Crippen LogP contribution < -0.4 is 0 Å². The molecule has 0 saturated heterocycles. The molecule has 0 saturated carbocycles. The van der Waals surface area contributed by atoms with Crippen LogP contribution in [0.25, 0.3) is 0 Å². The lowest BCUT2D eigenvalue weighted by atomic mass is 9.97. The summed E-state index contributed by atoms with van der Waals surface area (Å²) < 4.78 is 0. The van der Waals surface area contributed by atoms with Crippen molar-refractivity contribution in [2.75, 3.05) is 0 Å². The van der Waals surface area contributed by atoms with E-state index in [1.54, 1.807) is 12.4 Å². The number of benzene rings is 1. The average Bonchev–Trinajstić information content (AvgIpc) is 2.55. The third kappa shape index (κ3) is 1.64. The molecule has 3 nitrogen and oxygen atoms in total. The Labute approximate surface area is 99.5 Å². The van der Waals surface area contributed by atoms with Gasteiger partial charge in [-0.15, -0.1) is 4.91 Å². The molecule has 1 aliphatic rings. The Morgan fingerprint density at radius 2 is 1.82 bits per heavy atom. The van der Waals surface area contributed by atoms with Gasteiger partial charge in [-0.05, 0) is 35.6 Å². The van der Waals surface area contributed by atoms with Gasteiger partial charge >= 0.3 is 0 Å². The fourth-order valence-electron chi connectivity index (χ4n) is 2.49. The zero-order chi connectivity index (χ0) is 11.7. The number of nitroso groups, excluding NO2 is 1. The fourth-order valence-corrected chi connectivity index (χ4v) is 2.49. The zero-order valence-corrected chi connectivity index (χ0v) is 9.34. The minimum Gasteiger partial charge on any atom is -0.264 e. The van der Waals surface area contributed by atoms with E-state index in [9.17, 15) is 4.91 Å². The Morgan fingerprint density at radius 1 is 1.06 bits per heavy atom. The molecule has 0 fully saturated rings. The summed E-state index contributed by atoms with van der Waals surface area (Å²) in [6.45, 7) is 0. The van der Waals surface area contributed by atoms with Gasteiger partial charge in [0.15, 0.2) is 0 Å². The van der Waals surface area contributed by atoms with E-state index in [2.05, 4.69) is 16.2 Å². The van der Waals surface area contributed by atoms with Crippen LogP contribution in [0.3, 0.4) is 0 Å². The van der Waals surface area contributed by atoms with E-state index in [1.807, 2.05) is 24.3 Å². The van der Waals surface area contributed by atoms with Gasteiger partial charge in [0.25, 0.3) is 0 Å². The lowest BCUT2D eigenvalue weighted by Crippen LogP contribution is -2.00. The van der Waals surface area contributed by atoms with Crippen molar-refractivity contribution in [1.29, 1.82) is 0 Å². The van der Waals surface area contributed by atoms with E-state index in [0.717, 1.165) is 24.0 Å². The van der Waals surface area contributed by atoms with Gasteiger partial charge < -0.3 is 0 Å². The summed E-state index contributed by atoms with van der Waals surface area (Å²) in [4.78, 5) is 15.3. The third-order valence-corrected chi connectivity index (χ3v) is 3.36. The first-order valence-corrected chi connectivity index (χ1v) is 5.73. The molecule has 3 heteroatoms. The molecule has 1 aliphatic carbocycles. The van der Waals surface area contributed by atoms with Crippen LogP contribution in [-0.2, 0) is 12.8 Å². The highest BCUT2D eigenvalue weighted by Gasteiger charge is 2.23. The SMILES string of the molecule is O=NC1c2ccccc2CCc2ccncc21. The number of hydrogen-bond donors (Lipinski definition) is 0. The molecule has 1 aromatic heterocycles. The van der Waals surface area contributed by atoms with Crippen molar-refractivity contribution < 1.29 is 0 Å². The van der Waals surface area contributed by atoms with E-state index in [4.69, 9.17) is 0 Å². The number of pyridine rings is 1. The lowest BCUT2D eigenvalue weighted by molar-refractivity contribution is 0.848. The number of aromatic nitrogens is 1. The highest BCUT2D eigenvalue weighted by atomic mass is 16.3. The van der Waals surface area contributed by atoms with Crippen LogP contribution in [0.4, 0.5) is 0 Å². The van der Waals surface area contributed by atoms with E-state index in [-0.39, 0.29) is 0 Å². The zero-order valence-electron chi connectivity index (χ0n) is 9.34. The molecule has 1 unspecified atom stereocenters. The Morgan fingerprint density at radius 3 is 2.65 bits per heavy atom. The second kappa shape index (κ2) is 4.09. The molecule has 0 amide bonds. The average molecular weight is 224 g/mol. The maximum absolute atomic E-state index is 11.2. The number of aryl methyl sites for hydroxylation is 2. The second-order valence-corrected chi connectivity index (χ2v) is 4.28. The molecule has 84 valence electrons. The van der Waals surface area contributed by atoms with E-state index in [0.29, 0.717) is 0 Å². The van der Waals surface area contributed by atoms with Crippen molar-refractivity contribution in [3.8, 4) is 0 Å². The summed E-state index contributed by atoms with van der Waals surface area (Å²) in [6, 6.07) is 9.61. The Hall–Kier alpha value is -2.03. The van der Waals surface area contributed by atoms with Crippen LogP contribution in [0, 0.1) is 4.91 Å². The van der Waals surface area contributed by atoms with Gasteiger partial charge in [-0.25, -0.2) is 0 Å². The van der Waals surface area contributed by atoms with E-state index in [1.165, 1.54) is 11.1 Å². The van der Waals surface area contributed by atoms with Crippen molar-refractivity contribution in [2.24, 2.45) is 5.18 Å². The molecule has 1 atom stereocenters. The minimum atomic E-state index is -0.405. The normalized spacial score (nSPS) is 17.8. The fraction of sp³-hybridized carbons (Fsp3) is 0.214. The lowest BCUT2D eigenvalue weighted by Gasteiger charge is -2.11. The number of fused-ring (bicyclic) bond motifs is 2. The monoisotopic (exact) mass is 224 g/mol. The molecule has 2 aromatic rings. The Balaban J connectivity index is 2.22. The Kier molecular flexibility index (Phi) is 2.44. The third-order valence-electron chi connectivity index (χ3n) is 3.36. The van der Waals surface area contributed by atoms with Crippen LogP contribution >= 0.6 is 0 Å². The van der Waals surface area contributed by atoms with E-state index < -0.39 is 6.04 Å². The summed E-state index contributed by atoms with van der Waals surface area (Å²) >= 11 is 0. The van der Waals surface area contributed by atoms with Gasteiger partial charge in [-0.3, -0.25) is 4.98 Å². The van der Waals surface area contributed by atoms with Gasteiger partial charge in [-0.1, -0.05) is 29.4 Å². The van der Waals surface area contributed by atoms with Gasteiger partial charge in [0.2, 0.25) is 0 Å². The molecule has 3 rings (SSSR count). The molecule has 0 bridgehead atoms. The molecular weight excluding hydrogens is 212 g/mol. The topological polar surface area (TPSA) is 42.3 Å². The van der Waals surface area contributed by atoms with Gasteiger partial charge in [0.1, 0.15) is 6.04 Å². The van der Waals surface area contributed by atoms with Crippen LogP contribution in [0.1, 0.15) is 28.3 Å². The van der Waals surface area contributed by atoms with Gasteiger partial charge in [-0.2, -0.15) is 0 Å². The summed E-state index contributed by atoms with van der Waals surface area (Å²) in [7, 11) is 0. The van der Waals surface area contributed by atoms with Gasteiger partial charge in [0.05, 0.1) is 0 Å². The number of hydrogen-bond acceptors (Lipinski definition) is 3. The van der Waals surface area contributed by atoms with Crippen molar-refractivity contribution in [3.05, 3.63) is 69.9 Å². The van der Waals surface area contributed by atoms with Crippen molar-refractivity contribution in [3.63, 3.8) is 0 Å². The largest absolute Gasteiger partial charge is 0.264 e. The maximum atomic E-state index is 11.2. The minimum absolute atomic E-state index is 0.405. The van der Waals surface area contributed by atoms with Crippen LogP contribution in [0.2, 0.25) is 0 Å². The highest BCUT2D eigenvalue weighted by Crippen LogP contribution is 2.34. The maximum Gasteiger partial charge on any atom is 0.144 e. The summed E-state index contributed by atoms with van der Waals surface area (Å²) in [5.41, 5.74) is 4.37. The van der Waals surface area contributed by atoms with Crippen molar-refractivity contribution >= 4 is 0 Å². The molecule has 17 heavy (non-hydrogen) atoms. The first-order valence-electron chi connectivity index (χ1n) is 5.73. The molecule has 0 spiro atoms. The first kappa shape index (κ1) is 10.1. The van der Waals surface area contributed by atoms with E-state index >= 15 is 0 Å². The van der Waals surface area contributed by atoms with Crippen LogP contribution in [-0.4, -0.2) is 4.98 Å². The summed E-state index contributed by atoms with van der Waals surface area (Å²) in [5, 5.41) is 3.30. The molecule has 0 aliphatic heterocycles. The Bertz CT molecular complexity index is 518. The molecule has 0 radical (unpaired) electrons. The van der Waals surface area contributed by atoms with Crippen molar-refractivity contribution in [1.82, 2.24) is 4.98 Å². The molecule has 0 N–H and O–H groups in total. The summed E-state index contributed by atoms with van der Waals surface area (Å²) in [6.07, 6.45) is 5.44. The predicted octanol–water partition coefficient (Wildman–Crippen LogP) is 3.04. The first-order chi connectivity index (χ1) is 8.40. The van der Waals surface area contributed by atoms with Crippen LogP contribution in [0.15, 0.2) is 47.9 Å². The predicted molar refractivity (Wildman–Crippen MR) is 65.7 cm³/mol. The molecular formula is C14H12N2O. The quantitative estimate of drug-likeness (QED) is 0.699. The molecule has 1 aromatic carbocycles. The van der Waals surface area contributed by atoms with Crippen LogP contribution in [0.5, 0.6) is 0 Å². The summed E-state index contributed by atoms with van der Waals surface area (Å²) in [5.74, 6) is 0. The smallest absolute Gasteiger partial charge is 0.144 e. The number of nitrogens with zero attached hydrogens (tertiary/aromatic N) is 2. The second-order valence-electron chi connectivity index (χ2n) is 4.28. The number of rotatable bonds is 1. The highest BCUT2D eigenvalue weighted by molar-refractivity contribution is 5.43. The van der Waals surface area contributed by atoms with Crippen molar-refractivity contribution in [2.45, 2.75) is 18.9 Å². The van der Waals surface area contributed by atoms with Gasteiger partial charge in [0, 0.05) is 18.0 Å². The molecule has 1 heterocycles. The standard InChI is InChI=1S/C14H12N2O/c17-16-14-12-4-2-1-3-10(12)5-6-11-7-8-15-9-13(11)14/h1-4,7-9,14H,5-6H2.